The second-order valence-corrected chi connectivity index (χ2v) is 6.95. The molecule has 0 heterocycles. The Morgan fingerprint density at radius 2 is 1.38 bits per heavy atom. The Hall–Kier alpha value is -2.01. The smallest absolute Gasteiger partial charge is 0.336 e. The average Bonchev–Trinajstić information content (AvgIpc) is 2.34. The van der Waals surface area contributed by atoms with E-state index in [0.717, 1.165) is 30.3 Å². The number of rotatable bonds is 3. The first kappa shape index (κ1) is 15.4. The van der Waals surface area contributed by atoms with Crippen LogP contribution in [-0.4, -0.2) is 37.0 Å². The van der Waals surface area contributed by atoms with E-state index in [1.165, 1.54) is 0 Å². The molecule has 0 aliphatic rings. The lowest BCUT2D eigenvalue weighted by atomic mass is 10.0. The maximum atomic E-state index is 11.1. The normalized spacial score (nSPS) is 12.5. The molecule has 0 saturated heterocycles. The number of fused-ring (bicyclic) bond motifs is 1. The van der Waals surface area contributed by atoms with E-state index in [1.807, 2.05) is 0 Å². The van der Waals surface area contributed by atoms with Crippen LogP contribution in [0.3, 0.4) is 0 Å². The summed E-state index contributed by atoms with van der Waals surface area (Å²) < 4.78 is 62.3. The molecule has 0 spiro atoms. The zero-order chi connectivity index (χ0) is 16.0. The van der Waals surface area contributed by atoms with E-state index >= 15 is 0 Å². The summed E-state index contributed by atoms with van der Waals surface area (Å²) in [6.07, 6.45) is 0. The number of hydrogen-bond donors (Lipinski definition) is 3. The minimum Gasteiger partial charge on any atom is -0.478 e. The van der Waals surface area contributed by atoms with Gasteiger partial charge in [0.25, 0.3) is 20.2 Å². The average molecular weight is 332 g/mol. The minimum absolute atomic E-state index is 0.0577. The number of benzene rings is 2. The predicted molar refractivity (Wildman–Crippen MR) is 70.5 cm³/mol. The molecule has 0 aliphatic heterocycles. The molecule has 0 radical (unpaired) electrons. The van der Waals surface area contributed by atoms with E-state index in [-0.39, 0.29) is 10.8 Å². The largest absolute Gasteiger partial charge is 0.478 e. The first-order chi connectivity index (χ1) is 9.50. The van der Waals surface area contributed by atoms with Gasteiger partial charge in [-0.1, -0.05) is 6.07 Å². The lowest BCUT2D eigenvalue weighted by Gasteiger charge is -2.07. The Morgan fingerprint density at radius 3 is 1.86 bits per heavy atom. The van der Waals surface area contributed by atoms with Crippen LogP contribution in [0, 0.1) is 0 Å². The Morgan fingerprint density at radius 1 is 0.857 bits per heavy atom. The summed E-state index contributed by atoms with van der Waals surface area (Å²) in [6.45, 7) is 0. The molecule has 0 aromatic heterocycles. The molecule has 2 aromatic rings. The van der Waals surface area contributed by atoms with Gasteiger partial charge in [0.2, 0.25) is 0 Å². The topological polar surface area (TPSA) is 146 Å². The Labute approximate surface area is 119 Å². The molecule has 3 N–H and O–H groups in total. The third-order valence-corrected chi connectivity index (χ3v) is 4.40. The maximum absolute atomic E-state index is 11.1. The highest BCUT2D eigenvalue weighted by atomic mass is 32.2. The minimum atomic E-state index is -4.67. The van der Waals surface area contributed by atoms with Crippen LogP contribution in [-0.2, 0) is 20.2 Å². The van der Waals surface area contributed by atoms with Gasteiger partial charge in [-0.2, -0.15) is 16.8 Å². The fourth-order valence-corrected chi connectivity index (χ4v) is 2.87. The summed E-state index contributed by atoms with van der Waals surface area (Å²) in [5.41, 5.74) is -0.429. The van der Waals surface area contributed by atoms with E-state index < -0.39 is 41.6 Å². The Bertz CT molecular complexity index is 952. The number of carboxylic acids is 1. The van der Waals surface area contributed by atoms with Gasteiger partial charge in [-0.15, -0.1) is 0 Å². The van der Waals surface area contributed by atoms with Crippen LogP contribution in [0.25, 0.3) is 10.8 Å². The number of hydrogen-bond acceptors (Lipinski definition) is 5. The summed E-state index contributed by atoms with van der Waals surface area (Å²) >= 11 is 0. The molecule has 0 fully saturated rings. The van der Waals surface area contributed by atoms with Crippen molar-refractivity contribution in [1.29, 1.82) is 0 Å². The molecule has 21 heavy (non-hydrogen) atoms. The zero-order valence-electron chi connectivity index (χ0n) is 10.1. The van der Waals surface area contributed by atoms with E-state index in [4.69, 9.17) is 14.2 Å². The van der Waals surface area contributed by atoms with Gasteiger partial charge in [0.15, 0.2) is 0 Å². The lowest BCUT2D eigenvalue weighted by Crippen LogP contribution is -2.05. The molecule has 112 valence electrons. The van der Waals surface area contributed by atoms with E-state index in [0.29, 0.717) is 0 Å². The van der Waals surface area contributed by atoms with E-state index in [9.17, 15) is 21.6 Å². The number of carbonyl (C=O) groups is 1. The first-order valence-electron chi connectivity index (χ1n) is 5.26. The summed E-state index contributed by atoms with van der Waals surface area (Å²) in [6, 6.07) is 4.68. The van der Waals surface area contributed by atoms with Crippen LogP contribution in [0.4, 0.5) is 0 Å². The van der Waals surface area contributed by atoms with E-state index in [1.54, 1.807) is 0 Å². The molecule has 0 atom stereocenters. The molecule has 2 rings (SSSR count). The molecule has 0 unspecified atom stereocenters. The zero-order valence-corrected chi connectivity index (χ0v) is 11.7. The summed E-state index contributed by atoms with van der Waals surface area (Å²) in [7, 11) is -9.21. The molecular weight excluding hydrogens is 324 g/mol. The molecule has 0 saturated carbocycles. The standard InChI is InChI=1S/C11H8O8S2/c12-11(13)10-5-8(21(17,18)19)4-6-3-7(20(14,15)16)1-2-9(6)10/h1-5H,(H,12,13)(H,14,15,16)(H,17,18,19). The van der Waals surface area contributed by atoms with Crippen LogP contribution in [0.1, 0.15) is 10.4 Å². The summed E-state index contributed by atoms with van der Waals surface area (Å²) in [5.74, 6) is -1.45. The third-order valence-electron chi connectivity index (χ3n) is 2.72. The quantitative estimate of drug-likeness (QED) is 0.706. The van der Waals surface area contributed by atoms with Crippen molar-refractivity contribution in [3.8, 4) is 0 Å². The van der Waals surface area contributed by atoms with Crippen molar-refractivity contribution < 1.29 is 35.8 Å². The van der Waals surface area contributed by atoms with Crippen molar-refractivity contribution in [2.75, 3.05) is 0 Å². The first-order valence-corrected chi connectivity index (χ1v) is 8.14. The van der Waals surface area contributed by atoms with Crippen molar-refractivity contribution in [3.63, 3.8) is 0 Å². The number of aromatic carboxylic acids is 1. The maximum Gasteiger partial charge on any atom is 0.336 e. The van der Waals surface area contributed by atoms with E-state index in [2.05, 4.69) is 0 Å². The Balaban J connectivity index is 2.94. The fourth-order valence-electron chi connectivity index (χ4n) is 1.81. The van der Waals surface area contributed by atoms with Gasteiger partial charge in [0, 0.05) is 0 Å². The van der Waals surface area contributed by atoms with Crippen LogP contribution >= 0.6 is 0 Å². The van der Waals surface area contributed by atoms with Gasteiger partial charge in [-0.25, -0.2) is 4.79 Å². The molecule has 10 heteroatoms. The molecule has 8 nitrogen and oxygen atoms in total. The second kappa shape index (κ2) is 4.77. The van der Waals surface area contributed by atoms with Crippen molar-refractivity contribution in [1.82, 2.24) is 0 Å². The number of carboxylic acid groups (broad SMARTS) is 1. The van der Waals surface area contributed by atoms with Crippen molar-refractivity contribution in [2.45, 2.75) is 9.79 Å². The lowest BCUT2D eigenvalue weighted by molar-refractivity contribution is 0.0698. The highest BCUT2D eigenvalue weighted by Crippen LogP contribution is 2.26. The van der Waals surface area contributed by atoms with Crippen LogP contribution in [0.2, 0.25) is 0 Å². The molecule has 0 bridgehead atoms. The fraction of sp³-hybridized carbons (Fsp3) is 0. The van der Waals surface area contributed by atoms with Gasteiger partial charge in [-0.05, 0) is 35.0 Å². The van der Waals surface area contributed by atoms with Gasteiger partial charge in [-0.3, -0.25) is 9.11 Å². The Kier molecular flexibility index (Phi) is 3.49. The van der Waals surface area contributed by atoms with Crippen LogP contribution in [0.15, 0.2) is 40.1 Å². The molecule has 2 aromatic carbocycles. The van der Waals surface area contributed by atoms with Crippen LogP contribution in [0.5, 0.6) is 0 Å². The van der Waals surface area contributed by atoms with Gasteiger partial charge < -0.3 is 5.11 Å². The van der Waals surface area contributed by atoms with Gasteiger partial charge in [0.1, 0.15) is 0 Å². The molecular formula is C11H8O8S2. The monoisotopic (exact) mass is 332 g/mol. The van der Waals surface area contributed by atoms with Gasteiger partial charge >= 0.3 is 5.97 Å². The SMILES string of the molecule is O=C(O)c1cc(S(=O)(=O)O)cc2cc(S(=O)(=O)O)ccc12. The highest BCUT2D eigenvalue weighted by Gasteiger charge is 2.19. The van der Waals surface area contributed by atoms with Gasteiger partial charge in [0.05, 0.1) is 15.4 Å². The highest BCUT2D eigenvalue weighted by molar-refractivity contribution is 7.86. The third kappa shape index (κ3) is 3.03. The molecule has 0 amide bonds. The van der Waals surface area contributed by atoms with Crippen molar-refractivity contribution in [2.24, 2.45) is 0 Å². The second-order valence-electron chi connectivity index (χ2n) is 4.11. The van der Waals surface area contributed by atoms with Crippen molar-refractivity contribution in [3.05, 3.63) is 35.9 Å². The molecule has 0 aliphatic carbocycles. The van der Waals surface area contributed by atoms with Crippen LogP contribution < -0.4 is 0 Å². The predicted octanol–water partition coefficient (Wildman–Crippen LogP) is 1.03. The summed E-state index contributed by atoms with van der Waals surface area (Å²) in [5, 5.41) is 9.04. The summed E-state index contributed by atoms with van der Waals surface area (Å²) in [4.78, 5) is 9.91. The van der Waals surface area contributed by atoms with Crippen molar-refractivity contribution >= 4 is 37.0 Å².